The quantitative estimate of drug-likeness (QED) is 0.415. The van der Waals surface area contributed by atoms with Crippen LogP contribution < -0.4 is 10.1 Å². The van der Waals surface area contributed by atoms with Crippen LogP contribution in [0.2, 0.25) is 0 Å². The second kappa shape index (κ2) is 11.8. The molecule has 1 aromatic carbocycles. The van der Waals surface area contributed by atoms with Crippen LogP contribution in [-0.2, 0) is 19.1 Å². The topological polar surface area (TPSA) is 94.2 Å². The number of ether oxygens (including phenoxy) is 3. The highest BCUT2D eigenvalue weighted by atomic mass is 79.9. The summed E-state index contributed by atoms with van der Waals surface area (Å²) in [4.78, 5) is 38.9. The van der Waals surface area contributed by atoms with E-state index in [2.05, 4.69) is 21.2 Å². The Kier molecular flexibility index (Phi) is 9.40. The summed E-state index contributed by atoms with van der Waals surface area (Å²) in [6.45, 7) is 3.80. The van der Waals surface area contributed by atoms with E-state index in [0.29, 0.717) is 48.7 Å². The number of nitrogens with one attached hydrogen (secondary N) is 1. The molecule has 29 heavy (non-hydrogen) atoms. The standard InChI is InChI=1S/C20H27BrN2O6/c1-3-4-9-29-18(24)13-16-19(25)22-7-8-23(16)20(26)14-5-6-17(15(21)12-14)28-11-10-27-2/h5-6,12,16H,3-4,7-11,13H2,1-2H3,(H,22,25). The normalized spacial score (nSPS) is 16.3. The van der Waals surface area contributed by atoms with Gasteiger partial charge in [-0.25, -0.2) is 0 Å². The van der Waals surface area contributed by atoms with E-state index in [1.807, 2.05) is 6.92 Å². The summed E-state index contributed by atoms with van der Waals surface area (Å²) in [6.07, 6.45) is 1.50. The number of amides is 2. The highest BCUT2D eigenvalue weighted by molar-refractivity contribution is 9.10. The molecule has 0 aliphatic carbocycles. The third-order valence-electron chi connectivity index (χ3n) is 4.44. The molecule has 1 saturated heterocycles. The number of carbonyl (C=O) groups is 3. The van der Waals surface area contributed by atoms with Crippen LogP contribution in [0.5, 0.6) is 5.75 Å². The lowest BCUT2D eigenvalue weighted by molar-refractivity contribution is -0.147. The first-order valence-electron chi connectivity index (χ1n) is 9.63. The summed E-state index contributed by atoms with van der Waals surface area (Å²) in [6, 6.07) is 4.08. The molecule has 1 N–H and O–H groups in total. The fourth-order valence-electron chi connectivity index (χ4n) is 2.86. The molecule has 1 aliphatic heterocycles. The average molecular weight is 471 g/mol. The molecule has 0 saturated carbocycles. The zero-order valence-corrected chi connectivity index (χ0v) is 18.3. The largest absolute Gasteiger partial charge is 0.490 e. The number of nitrogens with zero attached hydrogens (tertiary/aromatic N) is 1. The summed E-state index contributed by atoms with van der Waals surface area (Å²) >= 11 is 3.40. The van der Waals surface area contributed by atoms with E-state index < -0.39 is 12.0 Å². The van der Waals surface area contributed by atoms with Crippen LogP contribution in [-0.4, -0.2) is 68.7 Å². The zero-order chi connectivity index (χ0) is 21.2. The predicted molar refractivity (Wildman–Crippen MR) is 110 cm³/mol. The Bertz CT molecular complexity index is 727. The predicted octanol–water partition coefficient (Wildman–Crippen LogP) is 2.15. The molecule has 0 radical (unpaired) electrons. The molecule has 2 amide bonds. The van der Waals surface area contributed by atoms with Crippen LogP contribution in [0.3, 0.4) is 0 Å². The van der Waals surface area contributed by atoms with Gasteiger partial charge >= 0.3 is 5.97 Å². The SMILES string of the molecule is CCCCOC(=O)CC1C(=O)NCCN1C(=O)c1ccc(OCCOC)c(Br)c1. The molecule has 160 valence electrons. The number of piperazine rings is 1. The molecular weight excluding hydrogens is 444 g/mol. The lowest BCUT2D eigenvalue weighted by atomic mass is 10.1. The van der Waals surface area contributed by atoms with Crippen molar-refractivity contribution < 1.29 is 28.6 Å². The highest BCUT2D eigenvalue weighted by Crippen LogP contribution is 2.27. The smallest absolute Gasteiger partial charge is 0.308 e. The Labute approximate surface area is 179 Å². The van der Waals surface area contributed by atoms with Gasteiger partial charge in [-0.15, -0.1) is 0 Å². The first kappa shape index (κ1) is 23.2. The average Bonchev–Trinajstić information content (AvgIpc) is 2.70. The van der Waals surface area contributed by atoms with Gasteiger partial charge in [0.05, 0.1) is 24.1 Å². The number of unbranched alkanes of at least 4 members (excludes halogenated alkanes) is 1. The lowest BCUT2D eigenvalue weighted by Crippen LogP contribution is -2.57. The molecule has 1 atom stereocenters. The van der Waals surface area contributed by atoms with Crippen molar-refractivity contribution in [1.82, 2.24) is 10.2 Å². The van der Waals surface area contributed by atoms with E-state index in [4.69, 9.17) is 14.2 Å². The minimum atomic E-state index is -0.887. The van der Waals surface area contributed by atoms with Gasteiger partial charge in [-0.3, -0.25) is 14.4 Å². The Morgan fingerprint density at radius 1 is 1.28 bits per heavy atom. The first-order chi connectivity index (χ1) is 14.0. The van der Waals surface area contributed by atoms with Gasteiger partial charge in [-0.05, 0) is 40.5 Å². The van der Waals surface area contributed by atoms with Crippen molar-refractivity contribution in [3.8, 4) is 5.75 Å². The molecule has 1 aromatic rings. The van der Waals surface area contributed by atoms with E-state index >= 15 is 0 Å². The molecule has 1 heterocycles. The third kappa shape index (κ3) is 6.71. The number of esters is 1. The molecule has 9 heteroatoms. The first-order valence-corrected chi connectivity index (χ1v) is 10.4. The number of carbonyl (C=O) groups excluding carboxylic acids is 3. The maximum atomic E-state index is 13.0. The molecule has 2 rings (SSSR count). The zero-order valence-electron chi connectivity index (χ0n) is 16.7. The van der Waals surface area contributed by atoms with E-state index in [-0.39, 0.29) is 18.2 Å². The number of methoxy groups -OCH3 is 1. The maximum Gasteiger partial charge on any atom is 0.308 e. The van der Waals surface area contributed by atoms with Gasteiger partial charge in [-0.2, -0.15) is 0 Å². The van der Waals surface area contributed by atoms with Crippen LogP contribution in [0.15, 0.2) is 22.7 Å². The van der Waals surface area contributed by atoms with E-state index in [1.165, 1.54) is 4.90 Å². The Morgan fingerprint density at radius 3 is 2.76 bits per heavy atom. The van der Waals surface area contributed by atoms with E-state index in [0.717, 1.165) is 12.8 Å². The minimum Gasteiger partial charge on any atom is -0.490 e. The molecular formula is C20H27BrN2O6. The number of halogens is 1. The summed E-state index contributed by atoms with van der Waals surface area (Å²) in [5.41, 5.74) is 0.398. The van der Waals surface area contributed by atoms with Crippen molar-refractivity contribution in [1.29, 1.82) is 0 Å². The van der Waals surface area contributed by atoms with Crippen molar-refractivity contribution in [2.75, 3.05) is 40.0 Å². The fourth-order valence-corrected chi connectivity index (χ4v) is 3.35. The fraction of sp³-hybridized carbons (Fsp3) is 0.550. The third-order valence-corrected chi connectivity index (χ3v) is 5.06. The van der Waals surface area contributed by atoms with Crippen LogP contribution in [0.1, 0.15) is 36.5 Å². The molecule has 0 bridgehead atoms. The van der Waals surface area contributed by atoms with Gasteiger partial charge in [-0.1, -0.05) is 13.3 Å². The van der Waals surface area contributed by atoms with Crippen molar-refractivity contribution in [3.63, 3.8) is 0 Å². The van der Waals surface area contributed by atoms with Gasteiger partial charge in [0.1, 0.15) is 18.4 Å². The van der Waals surface area contributed by atoms with E-state index in [1.54, 1.807) is 25.3 Å². The van der Waals surface area contributed by atoms with Gasteiger partial charge in [0, 0.05) is 25.8 Å². The number of hydrogen-bond acceptors (Lipinski definition) is 6. The minimum absolute atomic E-state index is 0.166. The number of hydrogen-bond donors (Lipinski definition) is 1. The second-order valence-electron chi connectivity index (χ2n) is 6.57. The summed E-state index contributed by atoms with van der Waals surface area (Å²) in [5.74, 6) is -0.571. The van der Waals surface area contributed by atoms with Crippen LogP contribution in [0.25, 0.3) is 0 Å². The molecule has 0 aromatic heterocycles. The van der Waals surface area contributed by atoms with Crippen molar-refractivity contribution >= 4 is 33.7 Å². The highest BCUT2D eigenvalue weighted by Gasteiger charge is 2.35. The Hall–Kier alpha value is -2.13. The molecule has 1 aliphatic rings. The van der Waals surface area contributed by atoms with Gasteiger partial charge in [0.15, 0.2) is 0 Å². The van der Waals surface area contributed by atoms with Crippen molar-refractivity contribution in [2.45, 2.75) is 32.2 Å². The van der Waals surface area contributed by atoms with Crippen molar-refractivity contribution in [2.24, 2.45) is 0 Å². The molecule has 8 nitrogen and oxygen atoms in total. The van der Waals surface area contributed by atoms with Gasteiger partial charge in [0.2, 0.25) is 5.91 Å². The summed E-state index contributed by atoms with van der Waals surface area (Å²) < 4.78 is 16.3. The van der Waals surface area contributed by atoms with Gasteiger partial charge in [0.25, 0.3) is 5.91 Å². The Morgan fingerprint density at radius 2 is 2.07 bits per heavy atom. The molecule has 0 spiro atoms. The van der Waals surface area contributed by atoms with E-state index in [9.17, 15) is 14.4 Å². The van der Waals surface area contributed by atoms with Crippen LogP contribution in [0, 0.1) is 0 Å². The molecule has 1 unspecified atom stereocenters. The van der Waals surface area contributed by atoms with Crippen LogP contribution >= 0.6 is 15.9 Å². The molecule has 1 fully saturated rings. The monoisotopic (exact) mass is 470 g/mol. The van der Waals surface area contributed by atoms with Gasteiger partial charge < -0.3 is 24.4 Å². The van der Waals surface area contributed by atoms with Crippen molar-refractivity contribution in [3.05, 3.63) is 28.2 Å². The number of rotatable bonds is 10. The number of benzene rings is 1. The summed E-state index contributed by atoms with van der Waals surface area (Å²) in [7, 11) is 1.59. The Balaban J connectivity index is 2.08. The lowest BCUT2D eigenvalue weighted by Gasteiger charge is -2.34. The summed E-state index contributed by atoms with van der Waals surface area (Å²) in [5, 5.41) is 2.71. The van der Waals surface area contributed by atoms with Crippen LogP contribution in [0.4, 0.5) is 0 Å². The second-order valence-corrected chi connectivity index (χ2v) is 7.42. The maximum absolute atomic E-state index is 13.0.